The van der Waals surface area contributed by atoms with Gasteiger partial charge in [0.25, 0.3) is 0 Å². The van der Waals surface area contributed by atoms with Crippen LogP contribution in [0.3, 0.4) is 0 Å². The first-order valence-electron chi connectivity index (χ1n) is 7.83. The van der Waals surface area contributed by atoms with Crippen LogP contribution in [0.1, 0.15) is 42.5 Å². The normalized spacial score (nSPS) is 16.4. The molecule has 2 aromatic rings. The van der Waals surface area contributed by atoms with Gasteiger partial charge in [0, 0.05) is 11.3 Å². The van der Waals surface area contributed by atoms with Crippen molar-refractivity contribution in [3.8, 4) is 5.75 Å². The van der Waals surface area contributed by atoms with E-state index in [-0.39, 0.29) is 0 Å². The van der Waals surface area contributed by atoms with Gasteiger partial charge in [0.2, 0.25) is 0 Å². The van der Waals surface area contributed by atoms with E-state index in [9.17, 15) is 0 Å². The molecule has 0 fully saturated rings. The lowest BCUT2D eigenvalue weighted by molar-refractivity contribution is 0.407. The lowest BCUT2D eigenvalue weighted by Crippen LogP contribution is -2.07. The Labute approximate surface area is 127 Å². The van der Waals surface area contributed by atoms with Gasteiger partial charge in [-0.1, -0.05) is 43.7 Å². The third-order valence-corrected chi connectivity index (χ3v) is 4.26. The van der Waals surface area contributed by atoms with Crippen molar-refractivity contribution in [1.82, 2.24) is 0 Å². The van der Waals surface area contributed by atoms with E-state index in [0.29, 0.717) is 6.04 Å². The Morgan fingerprint density at radius 1 is 1.19 bits per heavy atom. The fourth-order valence-corrected chi connectivity index (χ4v) is 3.09. The van der Waals surface area contributed by atoms with Crippen molar-refractivity contribution in [3.63, 3.8) is 0 Å². The number of benzene rings is 2. The first kappa shape index (κ1) is 14.0. The summed E-state index contributed by atoms with van der Waals surface area (Å²) in [5.41, 5.74) is 5.40. The quantitative estimate of drug-likeness (QED) is 0.854. The molecule has 2 aromatic carbocycles. The number of nitrogens with one attached hydrogen (secondary N) is 1. The minimum absolute atomic E-state index is 0.317. The number of hydrogen-bond donors (Lipinski definition) is 1. The number of unbranched alkanes of at least 4 members (excludes halogenated alkanes) is 1. The molecule has 0 spiro atoms. The molecule has 1 unspecified atom stereocenters. The molecule has 0 aromatic heterocycles. The van der Waals surface area contributed by atoms with Crippen molar-refractivity contribution in [1.29, 1.82) is 0 Å². The molecule has 1 aliphatic heterocycles. The summed E-state index contributed by atoms with van der Waals surface area (Å²) in [6.07, 6.45) is 4.74. The van der Waals surface area contributed by atoms with E-state index in [4.69, 9.17) is 4.74 Å². The monoisotopic (exact) mass is 281 g/mol. The fraction of sp³-hybridized carbons (Fsp3) is 0.368. The summed E-state index contributed by atoms with van der Waals surface area (Å²) in [5, 5.41) is 3.63. The van der Waals surface area contributed by atoms with Crippen molar-refractivity contribution in [2.24, 2.45) is 0 Å². The molecule has 3 rings (SSSR count). The van der Waals surface area contributed by atoms with E-state index < -0.39 is 0 Å². The third kappa shape index (κ3) is 2.90. The molecule has 1 aliphatic rings. The molecule has 0 aliphatic carbocycles. The molecule has 2 heteroatoms. The number of fused-ring (bicyclic) bond motifs is 1. The Morgan fingerprint density at radius 3 is 2.86 bits per heavy atom. The largest absolute Gasteiger partial charge is 0.496 e. The second-order valence-electron chi connectivity index (χ2n) is 5.74. The second kappa shape index (κ2) is 6.21. The molecule has 110 valence electrons. The van der Waals surface area contributed by atoms with Crippen molar-refractivity contribution in [2.45, 2.75) is 38.6 Å². The second-order valence-corrected chi connectivity index (χ2v) is 5.74. The molecule has 2 nitrogen and oxygen atoms in total. The van der Waals surface area contributed by atoms with Crippen molar-refractivity contribution in [2.75, 3.05) is 12.4 Å². The maximum absolute atomic E-state index is 5.49. The summed E-state index contributed by atoms with van der Waals surface area (Å²) in [4.78, 5) is 0. The fourth-order valence-electron chi connectivity index (χ4n) is 3.09. The van der Waals surface area contributed by atoms with Gasteiger partial charge < -0.3 is 10.1 Å². The van der Waals surface area contributed by atoms with Crippen LogP contribution < -0.4 is 10.1 Å². The van der Waals surface area contributed by atoms with Crippen LogP contribution in [0.5, 0.6) is 5.75 Å². The minimum atomic E-state index is 0.317. The lowest BCUT2D eigenvalue weighted by Gasteiger charge is -2.15. The molecular weight excluding hydrogens is 258 g/mol. The highest BCUT2D eigenvalue weighted by Crippen LogP contribution is 2.38. The summed E-state index contributed by atoms with van der Waals surface area (Å²) in [7, 11) is 1.74. The number of rotatable bonds is 5. The highest BCUT2D eigenvalue weighted by Gasteiger charge is 2.24. The zero-order valence-corrected chi connectivity index (χ0v) is 12.9. The van der Waals surface area contributed by atoms with Gasteiger partial charge in [-0.15, -0.1) is 0 Å². The van der Waals surface area contributed by atoms with Crippen LogP contribution in [-0.4, -0.2) is 7.11 Å². The van der Waals surface area contributed by atoms with E-state index >= 15 is 0 Å². The topological polar surface area (TPSA) is 21.3 Å². The Hall–Kier alpha value is -1.96. The SMILES string of the molecule is CCCCc1ccc2c(c1)CC(c1ccccc1OC)N2. The number of ether oxygens (including phenoxy) is 1. The molecule has 1 heterocycles. The van der Waals surface area contributed by atoms with Crippen LogP contribution in [0.4, 0.5) is 5.69 Å². The summed E-state index contributed by atoms with van der Waals surface area (Å²) >= 11 is 0. The summed E-state index contributed by atoms with van der Waals surface area (Å²) in [5.74, 6) is 0.967. The van der Waals surface area contributed by atoms with Crippen LogP contribution in [0.15, 0.2) is 42.5 Å². The zero-order valence-electron chi connectivity index (χ0n) is 12.9. The Bertz CT molecular complexity index is 621. The third-order valence-electron chi connectivity index (χ3n) is 4.26. The van der Waals surface area contributed by atoms with Crippen molar-refractivity contribution in [3.05, 3.63) is 59.2 Å². The molecule has 0 radical (unpaired) electrons. The molecule has 0 saturated carbocycles. The lowest BCUT2D eigenvalue weighted by atomic mass is 9.99. The van der Waals surface area contributed by atoms with Gasteiger partial charge in [-0.3, -0.25) is 0 Å². The number of aryl methyl sites for hydroxylation is 1. The molecular formula is C19H23NO. The van der Waals surface area contributed by atoms with Crippen LogP contribution in [-0.2, 0) is 12.8 Å². The van der Waals surface area contributed by atoms with Crippen LogP contribution in [0.2, 0.25) is 0 Å². The van der Waals surface area contributed by atoms with Gasteiger partial charge in [-0.2, -0.15) is 0 Å². The van der Waals surface area contributed by atoms with Gasteiger partial charge in [0.1, 0.15) is 5.75 Å². The summed E-state index contributed by atoms with van der Waals surface area (Å²) in [6, 6.07) is 15.5. The average Bonchev–Trinajstić information content (AvgIpc) is 2.95. The smallest absolute Gasteiger partial charge is 0.124 e. The van der Waals surface area contributed by atoms with Crippen LogP contribution in [0, 0.1) is 0 Å². The minimum Gasteiger partial charge on any atom is -0.496 e. The Balaban J connectivity index is 1.81. The molecule has 0 saturated heterocycles. The Kier molecular flexibility index (Phi) is 4.14. The molecule has 0 amide bonds. The first-order valence-corrected chi connectivity index (χ1v) is 7.83. The standard InChI is InChI=1S/C19H23NO/c1-3-4-7-14-10-11-17-15(12-14)13-18(20-17)16-8-5-6-9-19(16)21-2/h5-6,8-12,18,20H,3-4,7,13H2,1-2H3. The Morgan fingerprint density at radius 2 is 2.05 bits per heavy atom. The molecule has 1 atom stereocenters. The van der Waals surface area contributed by atoms with Crippen LogP contribution in [0.25, 0.3) is 0 Å². The van der Waals surface area contributed by atoms with Crippen molar-refractivity contribution < 1.29 is 4.74 Å². The predicted molar refractivity (Wildman–Crippen MR) is 88.1 cm³/mol. The maximum atomic E-state index is 5.49. The average molecular weight is 281 g/mol. The predicted octanol–water partition coefficient (Wildman–Crippen LogP) is 4.75. The molecule has 21 heavy (non-hydrogen) atoms. The molecule has 1 N–H and O–H groups in total. The highest BCUT2D eigenvalue weighted by atomic mass is 16.5. The van der Waals surface area contributed by atoms with Gasteiger partial charge in [-0.25, -0.2) is 0 Å². The number of methoxy groups -OCH3 is 1. The summed E-state index contributed by atoms with van der Waals surface area (Å²) in [6.45, 7) is 2.24. The molecule has 0 bridgehead atoms. The van der Waals surface area contributed by atoms with E-state index in [1.54, 1.807) is 7.11 Å². The van der Waals surface area contributed by atoms with Gasteiger partial charge in [0.05, 0.1) is 13.2 Å². The number of hydrogen-bond acceptors (Lipinski definition) is 2. The van der Waals surface area contributed by atoms with E-state index in [2.05, 4.69) is 42.6 Å². The van der Waals surface area contributed by atoms with Gasteiger partial charge in [0.15, 0.2) is 0 Å². The number of para-hydroxylation sites is 1. The maximum Gasteiger partial charge on any atom is 0.124 e. The number of anilines is 1. The summed E-state index contributed by atoms with van der Waals surface area (Å²) < 4.78 is 5.49. The van der Waals surface area contributed by atoms with Crippen molar-refractivity contribution >= 4 is 5.69 Å². The van der Waals surface area contributed by atoms with E-state index in [1.807, 2.05) is 12.1 Å². The van der Waals surface area contributed by atoms with Gasteiger partial charge in [-0.05, 0) is 42.5 Å². The van der Waals surface area contributed by atoms with Crippen LogP contribution >= 0.6 is 0 Å². The zero-order chi connectivity index (χ0) is 14.7. The van der Waals surface area contributed by atoms with E-state index in [0.717, 1.165) is 12.2 Å². The van der Waals surface area contributed by atoms with E-state index in [1.165, 1.54) is 41.6 Å². The highest BCUT2D eigenvalue weighted by molar-refractivity contribution is 5.60. The first-order chi connectivity index (χ1) is 10.3. The van der Waals surface area contributed by atoms with Gasteiger partial charge >= 0.3 is 0 Å².